The number of nitrogens with one attached hydrogen (secondary N) is 3. The van der Waals surface area contributed by atoms with Gasteiger partial charge in [-0.3, -0.25) is 19.7 Å². The van der Waals surface area contributed by atoms with Crippen molar-refractivity contribution >= 4 is 23.7 Å². The lowest BCUT2D eigenvalue weighted by Gasteiger charge is -2.41. The number of carboxylic acids is 1. The number of hydrogen-bond donors (Lipinski definition) is 5. The molecule has 2 aromatic rings. The third-order valence-corrected chi connectivity index (χ3v) is 6.27. The van der Waals surface area contributed by atoms with Gasteiger partial charge in [-0.2, -0.15) is 0 Å². The summed E-state index contributed by atoms with van der Waals surface area (Å²) >= 11 is 0. The van der Waals surface area contributed by atoms with Crippen molar-refractivity contribution in [3.8, 4) is 0 Å². The number of aromatic amines is 1. The van der Waals surface area contributed by atoms with E-state index in [-0.39, 0.29) is 31.7 Å². The number of carbonyl (C=O) groups excluding carboxylic acids is 3. The molecule has 11 nitrogen and oxygen atoms in total. The molecule has 1 aliphatic heterocycles. The fourth-order valence-electron chi connectivity index (χ4n) is 4.32. The van der Waals surface area contributed by atoms with Gasteiger partial charge in [0.25, 0.3) is 0 Å². The number of nitrogens with two attached hydrogens (primary N) is 1. The summed E-state index contributed by atoms with van der Waals surface area (Å²) in [6, 6.07) is 4.69. The van der Waals surface area contributed by atoms with Gasteiger partial charge in [0, 0.05) is 31.8 Å². The molecule has 1 aliphatic rings. The van der Waals surface area contributed by atoms with E-state index >= 15 is 0 Å². The number of aliphatic carboxylic acids is 1. The Hall–Kier alpha value is -3.73. The van der Waals surface area contributed by atoms with Crippen LogP contribution in [0.4, 0.5) is 0 Å². The quantitative estimate of drug-likeness (QED) is 0.321. The van der Waals surface area contributed by atoms with Crippen molar-refractivity contribution in [1.82, 2.24) is 25.5 Å². The first-order valence-electron chi connectivity index (χ1n) is 11.9. The number of hydrogen-bond acceptors (Lipinski definition) is 6. The number of aromatic nitrogens is 2. The Kier molecular flexibility index (Phi) is 8.46. The molecule has 2 unspecified atom stereocenters. The smallest absolute Gasteiger partial charge is 0.326 e. The largest absolute Gasteiger partial charge is 0.480 e. The second kappa shape index (κ2) is 11.3. The Balaban J connectivity index is 1.87. The predicted octanol–water partition coefficient (Wildman–Crippen LogP) is 0.702. The molecule has 3 rings (SSSR count). The highest BCUT2D eigenvalue weighted by atomic mass is 16.4. The molecule has 0 fully saturated rings. The molecule has 0 spiro atoms. The minimum Gasteiger partial charge on any atom is -0.480 e. The average Bonchev–Trinajstić information content (AvgIpc) is 3.33. The van der Waals surface area contributed by atoms with Gasteiger partial charge in [-0.1, -0.05) is 45.0 Å². The van der Waals surface area contributed by atoms with Crippen molar-refractivity contribution < 1.29 is 24.3 Å². The Morgan fingerprint density at radius 3 is 2.50 bits per heavy atom. The van der Waals surface area contributed by atoms with Gasteiger partial charge in [0.15, 0.2) is 0 Å². The SMILES string of the molecule is CC(C)(C)[C@H](NCc1ncc[nH]1)C(=O)N1Cc2ccccc2CC1C(=O)NC(CCC(N)=O)C(=O)O. The molecule has 6 N–H and O–H groups in total. The van der Waals surface area contributed by atoms with E-state index in [0.717, 1.165) is 11.1 Å². The first-order chi connectivity index (χ1) is 17.0. The lowest BCUT2D eigenvalue weighted by molar-refractivity contribution is -0.147. The van der Waals surface area contributed by atoms with E-state index in [1.165, 1.54) is 4.90 Å². The van der Waals surface area contributed by atoms with E-state index in [1.807, 2.05) is 45.0 Å². The number of carbonyl (C=O) groups is 4. The van der Waals surface area contributed by atoms with E-state index in [9.17, 15) is 24.3 Å². The molecule has 0 aliphatic carbocycles. The minimum absolute atomic E-state index is 0.136. The van der Waals surface area contributed by atoms with E-state index in [2.05, 4.69) is 20.6 Å². The highest BCUT2D eigenvalue weighted by Gasteiger charge is 2.41. The van der Waals surface area contributed by atoms with Gasteiger partial charge < -0.3 is 26.0 Å². The summed E-state index contributed by atoms with van der Waals surface area (Å²) in [7, 11) is 0. The van der Waals surface area contributed by atoms with Crippen molar-refractivity contribution in [1.29, 1.82) is 0 Å². The van der Waals surface area contributed by atoms with Crippen molar-refractivity contribution in [3.63, 3.8) is 0 Å². The third kappa shape index (κ3) is 6.69. The summed E-state index contributed by atoms with van der Waals surface area (Å²) in [4.78, 5) is 58.9. The topological polar surface area (TPSA) is 171 Å². The molecular formula is C25H34N6O5. The number of fused-ring (bicyclic) bond motifs is 1. The van der Waals surface area contributed by atoms with E-state index < -0.39 is 41.3 Å². The number of nitrogens with zero attached hydrogens (tertiary/aromatic N) is 2. The summed E-state index contributed by atoms with van der Waals surface area (Å²) in [6.07, 6.45) is 3.25. The molecule has 1 aromatic carbocycles. The number of H-pyrrole nitrogens is 1. The first kappa shape index (κ1) is 26.9. The maximum atomic E-state index is 13.9. The number of rotatable bonds is 10. The van der Waals surface area contributed by atoms with Gasteiger partial charge in [-0.15, -0.1) is 0 Å². The van der Waals surface area contributed by atoms with Crippen LogP contribution in [0.3, 0.4) is 0 Å². The summed E-state index contributed by atoms with van der Waals surface area (Å²) in [5.41, 5.74) is 6.51. The van der Waals surface area contributed by atoms with Crippen LogP contribution < -0.4 is 16.4 Å². The van der Waals surface area contributed by atoms with E-state index in [1.54, 1.807) is 12.4 Å². The molecule has 194 valence electrons. The fraction of sp³-hybridized carbons (Fsp3) is 0.480. The predicted molar refractivity (Wildman–Crippen MR) is 131 cm³/mol. The Bertz CT molecular complexity index is 1090. The molecule has 0 saturated heterocycles. The number of amides is 3. The Morgan fingerprint density at radius 2 is 1.92 bits per heavy atom. The van der Waals surface area contributed by atoms with Crippen LogP contribution in [0.1, 0.15) is 50.6 Å². The van der Waals surface area contributed by atoms with Crippen LogP contribution in [0.15, 0.2) is 36.7 Å². The van der Waals surface area contributed by atoms with E-state index in [0.29, 0.717) is 12.4 Å². The molecule has 3 amide bonds. The molecule has 36 heavy (non-hydrogen) atoms. The summed E-state index contributed by atoms with van der Waals surface area (Å²) in [6.45, 7) is 6.34. The average molecular weight is 499 g/mol. The Labute approximate surface area is 209 Å². The van der Waals surface area contributed by atoms with Crippen LogP contribution in [0, 0.1) is 5.41 Å². The number of benzene rings is 1. The van der Waals surface area contributed by atoms with Crippen LogP contribution in [0.2, 0.25) is 0 Å². The fourth-order valence-corrected chi connectivity index (χ4v) is 4.32. The molecule has 11 heteroatoms. The van der Waals surface area contributed by atoms with Crippen LogP contribution >= 0.6 is 0 Å². The number of primary amides is 1. The number of carboxylic acid groups (broad SMARTS) is 1. The van der Waals surface area contributed by atoms with Gasteiger partial charge in [0.2, 0.25) is 17.7 Å². The van der Waals surface area contributed by atoms with Gasteiger partial charge >= 0.3 is 5.97 Å². The molecular weight excluding hydrogens is 464 g/mol. The summed E-state index contributed by atoms with van der Waals surface area (Å²) < 4.78 is 0. The standard InChI is InChI=1S/C25H34N6O5/c1-25(2,3)21(29-13-20-27-10-11-28-20)23(34)31-14-16-7-5-4-6-15(16)12-18(31)22(33)30-17(24(35)36)8-9-19(26)32/h4-7,10-11,17-18,21,29H,8-9,12-14H2,1-3H3,(H2,26,32)(H,27,28)(H,30,33)(H,35,36)/t17?,18?,21-/m1/s1. The van der Waals surface area contributed by atoms with Crippen LogP contribution in [-0.4, -0.2) is 61.8 Å². The zero-order valence-corrected chi connectivity index (χ0v) is 20.8. The van der Waals surface area contributed by atoms with Gasteiger partial charge in [0.1, 0.15) is 17.9 Å². The second-order valence-electron chi connectivity index (χ2n) is 10.1. The number of imidazole rings is 1. The maximum Gasteiger partial charge on any atom is 0.326 e. The van der Waals surface area contributed by atoms with Gasteiger partial charge in [0.05, 0.1) is 12.6 Å². The van der Waals surface area contributed by atoms with Crippen LogP contribution in [0.25, 0.3) is 0 Å². The second-order valence-corrected chi connectivity index (χ2v) is 10.1. The summed E-state index contributed by atoms with van der Waals surface area (Å²) in [5, 5.41) is 15.3. The Morgan fingerprint density at radius 1 is 1.22 bits per heavy atom. The van der Waals surface area contributed by atoms with Crippen LogP contribution in [0.5, 0.6) is 0 Å². The zero-order chi connectivity index (χ0) is 26.5. The van der Waals surface area contributed by atoms with Crippen molar-refractivity contribution in [2.75, 3.05) is 0 Å². The van der Waals surface area contributed by atoms with Crippen LogP contribution in [-0.2, 0) is 38.7 Å². The maximum absolute atomic E-state index is 13.9. The summed E-state index contributed by atoms with van der Waals surface area (Å²) in [5.74, 6) is -2.11. The van der Waals surface area contributed by atoms with E-state index in [4.69, 9.17) is 5.73 Å². The van der Waals surface area contributed by atoms with Gasteiger partial charge in [-0.25, -0.2) is 9.78 Å². The van der Waals surface area contributed by atoms with Crippen molar-refractivity contribution in [3.05, 3.63) is 53.6 Å². The molecule has 2 heterocycles. The molecule has 1 aromatic heterocycles. The molecule has 0 radical (unpaired) electrons. The minimum atomic E-state index is -1.30. The van der Waals surface area contributed by atoms with Gasteiger partial charge in [-0.05, 0) is 23.0 Å². The lowest BCUT2D eigenvalue weighted by Crippen LogP contribution is -2.60. The lowest BCUT2D eigenvalue weighted by atomic mass is 9.84. The molecule has 0 bridgehead atoms. The third-order valence-electron chi connectivity index (χ3n) is 6.27. The van der Waals surface area contributed by atoms with Crippen molar-refractivity contribution in [2.45, 2.75) is 71.2 Å². The van der Waals surface area contributed by atoms with Crippen molar-refractivity contribution in [2.24, 2.45) is 11.1 Å². The molecule has 0 saturated carbocycles. The zero-order valence-electron chi connectivity index (χ0n) is 20.8. The normalized spacial score (nSPS) is 17.1. The molecule has 3 atom stereocenters. The first-order valence-corrected chi connectivity index (χ1v) is 11.9. The highest BCUT2D eigenvalue weighted by Crippen LogP contribution is 2.28. The highest BCUT2D eigenvalue weighted by molar-refractivity contribution is 5.93. The monoisotopic (exact) mass is 498 g/mol.